The van der Waals surface area contributed by atoms with Crippen molar-refractivity contribution in [3.63, 3.8) is 0 Å². The summed E-state index contributed by atoms with van der Waals surface area (Å²) in [6, 6.07) is 0. The molecule has 2 nitrogen and oxygen atoms in total. The monoisotopic (exact) mass is 174 g/mol. The fourth-order valence-electron chi connectivity index (χ4n) is 0.597. The summed E-state index contributed by atoms with van der Waals surface area (Å²) in [6.45, 7) is 12.2. The molecule has 0 aromatic carbocycles. The Balaban J connectivity index is 3.88. The van der Waals surface area contributed by atoms with Crippen LogP contribution in [0, 0.1) is 10.8 Å². The van der Waals surface area contributed by atoms with Crippen LogP contribution >= 0.6 is 0 Å². The smallest absolute Gasteiger partial charge is 0.146 e. The largest absolute Gasteiger partial charge is 0.359 e. The fourth-order valence-corrected chi connectivity index (χ4v) is 0.597. The maximum atomic E-state index is 5.35. The Morgan fingerprint density at radius 1 is 1.00 bits per heavy atom. The summed E-state index contributed by atoms with van der Waals surface area (Å²) >= 11 is 0. The Hall–Kier alpha value is -0.0800. The Labute approximate surface area is 76.3 Å². The molecule has 0 N–H and O–H groups in total. The van der Waals surface area contributed by atoms with E-state index in [1.165, 1.54) is 0 Å². The molecule has 0 heterocycles. The molecule has 0 aromatic rings. The summed E-state index contributed by atoms with van der Waals surface area (Å²) in [5.74, 6) is 0. The first-order valence-electron chi connectivity index (χ1n) is 4.38. The quantitative estimate of drug-likeness (QED) is 0.482. The predicted octanol–water partition coefficient (Wildman–Crippen LogP) is 2.68. The van der Waals surface area contributed by atoms with Crippen LogP contribution in [0.2, 0.25) is 0 Å². The molecule has 0 aliphatic carbocycles. The van der Waals surface area contributed by atoms with E-state index in [4.69, 9.17) is 9.47 Å². The van der Waals surface area contributed by atoms with Crippen LogP contribution < -0.4 is 0 Å². The Morgan fingerprint density at radius 3 is 1.83 bits per heavy atom. The van der Waals surface area contributed by atoms with Gasteiger partial charge in [-0.05, 0) is 10.8 Å². The summed E-state index contributed by atoms with van der Waals surface area (Å²) in [5.41, 5.74) is 0.451. The fraction of sp³-hybridized carbons (Fsp3) is 1.00. The first kappa shape index (κ1) is 11.9. The van der Waals surface area contributed by atoms with Crippen molar-refractivity contribution in [2.24, 2.45) is 10.8 Å². The van der Waals surface area contributed by atoms with Crippen molar-refractivity contribution in [2.75, 3.05) is 20.5 Å². The number of hydrogen-bond donors (Lipinski definition) is 0. The van der Waals surface area contributed by atoms with Crippen molar-refractivity contribution in [1.82, 2.24) is 0 Å². The lowest BCUT2D eigenvalue weighted by atomic mass is 9.70. The highest BCUT2D eigenvalue weighted by atomic mass is 16.7. The van der Waals surface area contributed by atoms with Gasteiger partial charge in [0.15, 0.2) is 0 Å². The van der Waals surface area contributed by atoms with Gasteiger partial charge in [0.05, 0.1) is 6.61 Å². The van der Waals surface area contributed by atoms with Crippen LogP contribution in [0.15, 0.2) is 0 Å². The molecular weight excluding hydrogens is 152 g/mol. The van der Waals surface area contributed by atoms with E-state index in [9.17, 15) is 0 Å². The van der Waals surface area contributed by atoms with Gasteiger partial charge in [0.2, 0.25) is 0 Å². The van der Waals surface area contributed by atoms with Gasteiger partial charge in [-0.1, -0.05) is 34.6 Å². The lowest BCUT2D eigenvalue weighted by molar-refractivity contribution is -0.0808. The summed E-state index contributed by atoms with van der Waals surface area (Å²) in [4.78, 5) is 0. The van der Waals surface area contributed by atoms with Gasteiger partial charge in [-0.2, -0.15) is 0 Å². The van der Waals surface area contributed by atoms with Crippen LogP contribution in [0.4, 0.5) is 0 Å². The number of ether oxygens (including phenoxy) is 2. The lowest BCUT2D eigenvalue weighted by Gasteiger charge is -2.38. The van der Waals surface area contributed by atoms with Gasteiger partial charge in [0.1, 0.15) is 6.79 Å². The molecule has 0 aliphatic rings. The maximum Gasteiger partial charge on any atom is 0.146 e. The third kappa shape index (κ3) is 3.55. The molecule has 2 heteroatoms. The Bertz CT molecular complexity index is 122. The van der Waals surface area contributed by atoms with E-state index in [0.717, 1.165) is 6.61 Å². The van der Waals surface area contributed by atoms with Crippen LogP contribution in [0.25, 0.3) is 0 Å². The van der Waals surface area contributed by atoms with Crippen LogP contribution in [0.3, 0.4) is 0 Å². The molecule has 0 aromatic heterocycles. The second kappa shape index (κ2) is 4.24. The van der Waals surface area contributed by atoms with Crippen molar-refractivity contribution in [2.45, 2.75) is 34.6 Å². The van der Waals surface area contributed by atoms with E-state index >= 15 is 0 Å². The molecule has 74 valence electrons. The van der Waals surface area contributed by atoms with E-state index in [1.54, 1.807) is 7.11 Å². The van der Waals surface area contributed by atoms with Gasteiger partial charge in [-0.25, -0.2) is 0 Å². The van der Waals surface area contributed by atoms with Gasteiger partial charge >= 0.3 is 0 Å². The van der Waals surface area contributed by atoms with E-state index in [-0.39, 0.29) is 10.8 Å². The first-order chi connectivity index (χ1) is 5.31. The highest BCUT2D eigenvalue weighted by Gasteiger charge is 2.32. The first-order valence-corrected chi connectivity index (χ1v) is 4.38. The molecule has 0 aliphatic heterocycles. The zero-order valence-electron chi connectivity index (χ0n) is 9.23. The summed E-state index contributed by atoms with van der Waals surface area (Å²) < 4.78 is 10.2. The molecule has 0 spiro atoms. The van der Waals surface area contributed by atoms with Gasteiger partial charge in [-0.15, -0.1) is 0 Å². The van der Waals surface area contributed by atoms with E-state index in [0.29, 0.717) is 6.79 Å². The molecular formula is C10H22O2. The molecule has 0 bridgehead atoms. The van der Waals surface area contributed by atoms with E-state index in [1.807, 2.05) is 0 Å². The number of hydrogen-bond acceptors (Lipinski definition) is 2. The van der Waals surface area contributed by atoms with Crippen molar-refractivity contribution < 1.29 is 9.47 Å². The molecule has 0 unspecified atom stereocenters. The van der Waals surface area contributed by atoms with Crippen molar-refractivity contribution in [3.05, 3.63) is 0 Å². The molecule has 12 heavy (non-hydrogen) atoms. The second-order valence-electron chi connectivity index (χ2n) is 4.89. The van der Waals surface area contributed by atoms with Crippen LogP contribution in [0.5, 0.6) is 0 Å². The molecule has 0 saturated heterocycles. The third-order valence-electron chi connectivity index (χ3n) is 2.69. The molecule has 0 rings (SSSR count). The van der Waals surface area contributed by atoms with Gasteiger partial charge < -0.3 is 9.47 Å². The van der Waals surface area contributed by atoms with Crippen LogP contribution in [-0.4, -0.2) is 20.5 Å². The van der Waals surface area contributed by atoms with E-state index in [2.05, 4.69) is 34.6 Å². The van der Waals surface area contributed by atoms with Crippen LogP contribution in [0.1, 0.15) is 34.6 Å². The van der Waals surface area contributed by atoms with Gasteiger partial charge in [0, 0.05) is 7.11 Å². The third-order valence-corrected chi connectivity index (χ3v) is 2.69. The predicted molar refractivity (Wildman–Crippen MR) is 51.1 cm³/mol. The average Bonchev–Trinajstić information content (AvgIpc) is 1.85. The summed E-state index contributed by atoms with van der Waals surface area (Å²) in [5, 5.41) is 0. The Kier molecular flexibility index (Phi) is 4.21. The van der Waals surface area contributed by atoms with Gasteiger partial charge in [-0.3, -0.25) is 0 Å². The zero-order chi connectivity index (χ0) is 9.83. The van der Waals surface area contributed by atoms with Crippen LogP contribution in [-0.2, 0) is 9.47 Å². The number of rotatable bonds is 4. The normalized spacial score (nSPS) is 13.5. The summed E-state index contributed by atoms with van der Waals surface area (Å²) in [7, 11) is 1.64. The molecule has 0 radical (unpaired) electrons. The van der Waals surface area contributed by atoms with Gasteiger partial charge in [0.25, 0.3) is 0 Å². The SMILES string of the molecule is COCOCC(C)(C)C(C)(C)C. The molecule has 0 saturated carbocycles. The summed E-state index contributed by atoms with van der Waals surface area (Å²) in [6.07, 6.45) is 0. The van der Waals surface area contributed by atoms with E-state index < -0.39 is 0 Å². The Morgan fingerprint density at radius 2 is 1.50 bits per heavy atom. The van der Waals surface area contributed by atoms with Crippen molar-refractivity contribution in [3.8, 4) is 0 Å². The average molecular weight is 174 g/mol. The number of methoxy groups -OCH3 is 1. The highest BCUT2D eigenvalue weighted by molar-refractivity contribution is 4.81. The lowest BCUT2D eigenvalue weighted by Crippen LogP contribution is -2.34. The van der Waals surface area contributed by atoms with Crippen molar-refractivity contribution in [1.29, 1.82) is 0 Å². The topological polar surface area (TPSA) is 18.5 Å². The second-order valence-corrected chi connectivity index (χ2v) is 4.89. The highest BCUT2D eigenvalue weighted by Crippen LogP contribution is 2.37. The zero-order valence-corrected chi connectivity index (χ0v) is 9.23. The maximum absolute atomic E-state index is 5.35. The standard InChI is InChI=1S/C10H22O2/c1-9(2,3)10(4,5)7-12-8-11-6/h7-8H2,1-6H3. The minimum absolute atomic E-state index is 0.186. The molecule has 0 atom stereocenters. The minimum atomic E-state index is 0.186. The van der Waals surface area contributed by atoms with Crippen molar-refractivity contribution >= 4 is 0 Å². The minimum Gasteiger partial charge on any atom is -0.359 e. The molecule has 0 fully saturated rings. The molecule has 0 amide bonds.